The van der Waals surface area contributed by atoms with Gasteiger partial charge in [0.15, 0.2) is 5.76 Å². The Hall–Kier alpha value is -3.04. The summed E-state index contributed by atoms with van der Waals surface area (Å²) in [5, 5.41) is 11.2. The number of anilines is 2. The minimum atomic E-state index is -0.129. The molecule has 0 spiro atoms. The zero-order valence-corrected chi connectivity index (χ0v) is 17.3. The number of benzene rings is 1. The van der Waals surface area contributed by atoms with Gasteiger partial charge >= 0.3 is 0 Å². The first-order chi connectivity index (χ1) is 14.7. The summed E-state index contributed by atoms with van der Waals surface area (Å²) in [7, 11) is 0. The summed E-state index contributed by atoms with van der Waals surface area (Å²) in [5.41, 5.74) is 1.84. The summed E-state index contributed by atoms with van der Waals surface area (Å²) in [4.78, 5) is 17.2. The van der Waals surface area contributed by atoms with Crippen molar-refractivity contribution in [3.63, 3.8) is 0 Å². The Morgan fingerprint density at radius 1 is 1.17 bits per heavy atom. The van der Waals surface area contributed by atoms with Gasteiger partial charge in [0.05, 0.1) is 23.4 Å². The number of aromatic nitrogens is 2. The lowest BCUT2D eigenvalue weighted by Crippen LogP contribution is -2.46. The van der Waals surface area contributed by atoms with E-state index in [1.165, 1.54) is 18.0 Å². The van der Waals surface area contributed by atoms with Crippen molar-refractivity contribution in [1.82, 2.24) is 15.1 Å². The zero-order chi connectivity index (χ0) is 20.8. The van der Waals surface area contributed by atoms with Crippen LogP contribution < -0.4 is 10.2 Å². The standard InChI is InChI=1S/C21H23N5O3S/c1-2-9-25-10-12-26(13-11-25)17-7-4-3-6-16(17)22-19(27)15-30-21-24-23-20(29-21)18-8-5-14-28-18/h2-8,14H,1,9-13,15H2,(H,22,27). The number of piperazine rings is 1. The highest BCUT2D eigenvalue weighted by Gasteiger charge is 2.19. The number of para-hydroxylation sites is 2. The lowest BCUT2D eigenvalue weighted by molar-refractivity contribution is -0.113. The van der Waals surface area contributed by atoms with Gasteiger partial charge in [0, 0.05) is 32.7 Å². The fraction of sp³-hybridized carbons (Fsp3) is 0.286. The van der Waals surface area contributed by atoms with Crippen LogP contribution in [0.2, 0.25) is 0 Å². The maximum Gasteiger partial charge on any atom is 0.284 e. The van der Waals surface area contributed by atoms with Crippen LogP contribution in [0, 0.1) is 0 Å². The molecule has 3 aromatic rings. The van der Waals surface area contributed by atoms with Crippen molar-refractivity contribution < 1.29 is 13.6 Å². The van der Waals surface area contributed by atoms with Crippen LogP contribution in [0.15, 0.2) is 69.4 Å². The highest BCUT2D eigenvalue weighted by molar-refractivity contribution is 7.99. The van der Waals surface area contributed by atoms with Crippen molar-refractivity contribution in [2.75, 3.05) is 48.7 Å². The molecule has 1 aromatic carbocycles. The molecule has 3 heterocycles. The van der Waals surface area contributed by atoms with Gasteiger partial charge in [-0.3, -0.25) is 9.69 Å². The number of carbonyl (C=O) groups is 1. The van der Waals surface area contributed by atoms with Crippen LogP contribution in [0.3, 0.4) is 0 Å². The molecule has 0 unspecified atom stereocenters. The molecule has 0 radical (unpaired) electrons. The molecule has 1 aliphatic heterocycles. The van der Waals surface area contributed by atoms with Crippen molar-refractivity contribution in [3.8, 4) is 11.7 Å². The van der Waals surface area contributed by atoms with E-state index in [0.717, 1.165) is 44.1 Å². The molecule has 8 nitrogen and oxygen atoms in total. The lowest BCUT2D eigenvalue weighted by Gasteiger charge is -2.36. The monoisotopic (exact) mass is 425 g/mol. The Balaban J connectivity index is 1.33. The third-order valence-corrected chi connectivity index (χ3v) is 5.56. The maximum atomic E-state index is 12.5. The number of nitrogens with one attached hydrogen (secondary N) is 1. The van der Waals surface area contributed by atoms with Crippen LogP contribution in [-0.2, 0) is 4.79 Å². The first-order valence-corrected chi connectivity index (χ1v) is 10.7. The number of thioether (sulfide) groups is 1. The zero-order valence-electron chi connectivity index (χ0n) is 16.5. The van der Waals surface area contributed by atoms with Gasteiger partial charge in [-0.1, -0.05) is 30.0 Å². The number of hydrogen-bond acceptors (Lipinski definition) is 8. The van der Waals surface area contributed by atoms with Gasteiger partial charge in [0.2, 0.25) is 5.91 Å². The normalized spacial score (nSPS) is 14.6. The van der Waals surface area contributed by atoms with Gasteiger partial charge in [0.25, 0.3) is 11.1 Å². The number of amides is 1. The average Bonchev–Trinajstić information content (AvgIpc) is 3.46. The van der Waals surface area contributed by atoms with Crippen LogP contribution in [-0.4, -0.2) is 59.5 Å². The van der Waals surface area contributed by atoms with Gasteiger partial charge in [-0.25, -0.2) is 0 Å². The van der Waals surface area contributed by atoms with E-state index in [-0.39, 0.29) is 11.7 Å². The van der Waals surface area contributed by atoms with Crippen molar-refractivity contribution in [1.29, 1.82) is 0 Å². The topological polar surface area (TPSA) is 87.6 Å². The van der Waals surface area contributed by atoms with Crippen LogP contribution in [0.25, 0.3) is 11.7 Å². The summed E-state index contributed by atoms with van der Waals surface area (Å²) in [6.07, 6.45) is 3.47. The Kier molecular flexibility index (Phi) is 6.50. The van der Waals surface area contributed by atoms with E-state index in [2.05, 4.69) is 31.9 Å². The lowest BCUT2D eigenvalue weighted by atomic mass is 10.2. The summed E-state index contributed by atoms with van der Waals surface area (Å²) in [6.45, 7) is 8.47. The first-order valence-electron chi connectivity index (χ1n) is 9.70. The molecule has 0 aliphatic carbocycles. The van der Waals surface area contributed by atoms with Gasteiger partial charge in [-0.05, 0) is 24.3 Å². The highest BCUT2D eigenvalue weighted by atomic mass is 32.2. The van der Waals surface area contributed by atoms with E-state index < -0.39 is 0 Å². The molecule has 1 amide bonds. The quantitative estimate of drug-likeness (QED) is 0.434. The predicted octanol–water partition coefficient (Wildman–Crippen LogP) is 3.37. The summed E-state index contributed by atoms with van der Waals surface area (Å²) >= 11 is 1.19. The van der Waals surface area contributed by atoms with Gasteiger partial charge < -0.3 is 19.1 Å². The average molecular weight is 426 g/mol. The Bertz CT molecular complexity index is 980. The second kappa shape index (κ2) is 9.64. The van der Waals surface area contributed by atoms with E-state index in [1.54, 1.807) is 12.1 Å². The fourth-order valence-corrected chi connectivity index (χ4v) is 3.85. The van der Waals surface area contributed by atoms with Crippen LogP contribution in [0.4, 0.5) is 11.4 Å². The molecule has 4 rings (SSSR count). The second-order valence-corrected chi connectivity index (χ2v) is 7.71. The predicted molar refractivity (Wildman–Crippen MR) is 117 cm³/mol. The van der Waals surface area contributed by atoms with E-state index in [4.69, 9.17) is 8.83 Å². The molecule has 9 heteroatoms. The molecule has 30 heavy (non-hydrogen) atoms. The summed E-state index contributed by atoms with van der Waals surface area (Å²) < 4.78 is 10.8. The highest BCUT2D eigenvalue weighted by Crippen LogP contribution is 2.28. The molecule has 1 aliphatic rings. The van der Waals surface area contributed by atoms with Crippen LogP contribution in [0.1, 0.15) is 0 Å². The third kappa shape index (κ3) is 4.92. The molecule has 156 valence electrons. The molecule has 1 saturated heterocycles. The van der Waals surface area contributed by atoms with Crippen LogP contribution >= 0.6 is 11.8 Å². The van der Waals surface area contributed by atoms with Gasteiger partial charge in [-0.2, -0.15) is 0 Å². The smallest absolute Gasteiger partial charge is 0.284 e. The van der Waals surface area contributed by atoms with E-state index in [0.29, 0.717) is 16.9 Å². The number of carbonyl (C=O) groups excluding carboxylic acids is 1. The van der Waals surface area contributed by atoms with Crippen LogP contribution in [0.5, 0.6) is 0 Å². The molecular formula is C21H23N5O3S. The molecule has 0 bridgehead atoms. The summed E-state index contributed by atoms with van der Waals surface area (Å²) in [5.74, 6) is 0.835. The summed E-state index contributed by atoms with van der Waals surface area (Å²) in [6, 6.07) is 11.4. The Morgan fingerprint density at radius 3 is 2.77 bits per heavy atom. The largest absolute Gasteiger partial charge is 0.459 e. The molecule has 0 saturated carbocycles. The van der Waals surface area contributed by atoms with Crippen molar-refractivity contribution >= 4 is 29.0 Å². The van der Waals surface area contributed by atoms with E-state index in [1.807, 2.05) is 30.3 Å². The van der Waals surface area contributed by atoms with Crippen molar-refractivity contribution in [2.45, 2.75) is 5.22 Å². The molecular weight excluding hydrogens is 402 g/mol. The second-order valence-electron chi connectivity index (χ2n) is 6.78. The molecule has 1 N–H and O–H groups in total. The SMILES string of the molecule is C=CCN1CCN(c2ccccc2NC(=O)CSc2nnc(-c3ccco3)o2)CC1. The van der Waals surface area contributed by atoms with E-state index >= 15 is 0 Å². The minimum absolute atomic E-state index is 0.129. The molecule has 1 fully saturated rings. The number of rotatable bonds is 8. The van der Waals surface area contributed by atoms with Gasteiger partial charge in [-0.15, -0.1) is 16.8 Å². The Morgan fingerprint density at radius 2 is 2.00 bits per heavy atom. The van der Waals surface area contributed by atoms with Crippen molar-refractivity contribution in [2.24, 2.45) is 0 Å². The number of furan rings is 1. The minimum Gasteiger partial charge on any atom is -0.459 e. The fourth-order valence-electron chi connectivity index (χ4n) is 3.29. The number of hydrogen-bond donors (Lipinski definition) is 1. The Labute approximate surface area is 178 Å². The van der Waals surface area contributed by atoms with Gasteiger partial charge in [0.1, 0.15) is 0 Å². The third-order valence-electron chi connectivity index (χ3n) is 4.74. The molecule has 0 atom stereocenters. The van der Waals surface area contributed by atoms with Crippen molar-refractivity contribution in [3.05, 3.63) is 55.3 Å². The number of nitrogens with zero attached hydrogens (tertiary/aromatic N) is 4. The maximum absolute atomic E-state index is 12.5. The van der Waals surface area contributed by atoms with E-state index in [9.17, 15) is 4.79 Å². The first kappa shape index (κ1) is 20.2. The molecule has 2 aromatic heterocycles.